The van der Waals surface area contributed by atoms with Gasteiger partial charge in [0.2, 0.25) is 9.84 Å². The molecular formula is C10H7BrClN3O2S. The Labute approximate surface area is 117 Å². The van der Waals surface area contributed by atoms with Crippen molar-refractivity contribution < 1.29 is 8.42 Å². The SMILES string of the molecule is Cc1cc(S(=O)(=O)c2ncc(Br)nn2)ccc1Cl. The van der Waals surface area contributed by atoms with E-state index in [9.17, 15) is 8.42 Å². The van der Waals surface area contributed by atoms with E-state index in [0.717, 1.165) is 0 Å². The maximum absolute atomic E-state index is 12.2. The van der Waals surface area contributed by atoms with E-state index in [0.29, 0.717) is 15.2 Å². The van der Waals surface area contributed by atoms with Crippen LogP contribution < -0.4 is 0 Å². The van der Waals surface area contributed by atoms with Gasteiger partial charge in [0, 0.05) is 5.02 Å². The highest BCUT2D eigenvalue weighted by molar-refractivity contribution is 9.10. The van der Waals surface area contributed by atoms with E-state index < -0.39 is 9.84 Å². The molecule has 0 aliphatic carbocycles. The van der Waals surface area contributed by atoms with Gasteiger partial charge in [-0.05, 0) is 46.6 Å². The zero-order chi connectivity index (χ0) is 13.3. The molecule has 0 saturated heterocycles. The molecule has 0 amide bonds. The predicted octanol–water partition coefficient (Wildman–Crippen LogP) is 2.43. The van der Waals surface area contributed by atoms with Gasteiger partial charge in [-0.2, -0.15) is 0 Å². The van der Waals surface area contributed by atoms with Crippen LogP contribution in [0, 0.1) is 6.92 Å². The lowest BCUT2D eigenvalue weighted by Gasteiger charge is -2.04. The maximum atomic E-state index is 12.2. The van der Waals surface area contributed by atoms with E-state index in [1.807, 2.05) is 0 Å². The predicted molar refractivity (Wildman–Crippen MR) is 69.2 cm³/mol. The summed E-state index contributed by atoms with van der Waals surface area (Å²) < 4.78 is 24.7. The number of halogens is 2. The number of rotatable bonds is 2. The average Bonchev–Trinajstić information content (AvgIpc) is 2.33. The van der Waals surface area contributed by atoms with Gasteiger partial charge < -0.3 is 0 Å². The van der Waals surface area contributed by atoms with Crippen molar-refractivity contribution in [3.63, 3.8) is 0 Å². The lowest BCUT2D eigenvalue weighted by molar-refractivity contribution is 0.582. The van der Waals surface area contributed by atoms with E-state index in [-0.39, 0.29) is 10.1 Å². The summed E-state index contributed by atoms with van der Waals surface area (Å²) in [5.74, 6) is 0. The van der Waals surface area contributed by atoms with E-state index in [2.05, 4.69) is 31.1 Å². The Morgan fingerprint density at radius 2 is 2.00 bits per heavy atom. The van der Waals surface area contributed by atoms with Crippen LogP contribution in [0.1, 0.15) is 5.56 Å². The van der Waals surface area contributed by atoms with E-state index >= 15 is 0 Å². The first-order valence-electron chi connectivity index (χ1n) is 4.78. The molecule has 0 radical (unpaired) electrons. The second-order valence-electron chi connectivity index (χ2n) is 3.48. The molecule has 18 heavy (non-hydrogen) atoms. The summed E-state index contributed by atoms with van der Waals surface area (Å²) in [5.41, 5.74) is 0.669. The molecule has 94 valence electrons. The molecule has 8 heteroatoms. The van der Waals surface area contributed by atoms with Gasteiger partial charge in [-0.15, -0.1) is 10.2 Å². The summed E-state index contributed by atoms with van der Waals surface area (Å²) in [4.78, 5) is 3.83. The fraction of sp³-hybridized carbons (Fsp3) is 0.100. The zero-order valence-electron chi connectivity index (χ0n) is 9.13. The van der Waals surface area contributed by atoms with Crippen molar-refractivity contribution in [1.29, 1.82) is 0 Å². The lowest BCUT2D eigenvalue weighted by Crippen LogP contribution is -2.08. The minimum Gasteiger partial charge on any atom is -0.222 e. The van der Waals surface area contributed by atoms with E-state index in [1.165, 1.54) is 24.4 Å². The molecule has 2 aromatic rings. The van der Waals surface area contributed by atoms with Crippen LogP contribution in [0.2, 0.25) is 5.02 Å². The minimum absolute atomic E-state index is 0.0912. The van der Waals surface area contributed by atoms with E-state index in [1.54, 1.807) is 6.92 Å². The second kappa shape index (κ2) is 4.91. The Balaban J connectivity index is 2.54. The fourth-order valence-electron chi connectivity index (χ4n) is 1.26. The van der Waals surface area contributed by atoms with Gasteiger partial charge in [-0.3, -0.25) is 0 Å². The molecule has 0 N–H and O–H groups in total. The Kier molecular flexibility index (Phi) is 3.65. The molecule has 0 spiro atoms. The number of benzene rings is 1. The van der Waals surface area contributed by atoms with Gasteiger partial charge in [-0.25, -0.2) is 13.4 Å². The number of nitrogens with zero attached hydrogens (tertiary/aromatic N) is 3. The second-order valence-corrected chi connectivity index (χ2v) is 6.54. The average molecular weight is 349 g/mol. The molecule has 0 atom stereocenters. The lowest BCUT2D eigenvalue weighted by atomic mass is 10.2. The summed E-state index contributed by atoms with van der Waals surface area (Å²) in [6.45, 7) is 1.72. The van der Waals surface area contributed by atoms with Gasteiger partial charge in [0.1, 0.15) is 4.60 Å². The first kappa shape index (κ1) is 13.4. The molecule has 0 unspecified atom stereocenters. The molecule has 1 heterocycles. The highest BCUT2D eigenvalue weighted by Crippen LogP contribution is 2.22. The number of sulfone groups is 1. The summed E-state index contributed by atoms with van der Waals surface area (Å²) in [5, 5.41) is 7.32. The standard InChI is InChI=1S/C10H7BrClN3O2S/c1-6-4-7(2-3-8(6)12)18(16,17)10-13-5-9(11)14-15-10/h2-5H,1H3. The van der Waals surface area contributed by atoms with Crippen LogP contribution in [0.25, 0.3) is 0 Å². The first-order valence-corrected chi connectivity index (χ1v) is 7.43. The van der Waals surface area contributed by atoms with Gasteiger partial charge in [0.15, 0.2) is 0 Å². The number of hydrogen-bond acceptors (Lipinski definition) is 5. The van der Waals surface area contributed by atoms with Crippen LogP contribution in [-0.4, -0.2) is 23.6 Å². The Bertz CT molecular complexity index is 689. The van der Waals surface area contributed by atoms with Gasteiger partial charge in [0.25, 0.3) is 5.16 Å². The van der Waals surface area contributed by atoms with Crippen molar-refractivity contribution >= 4 is 37.4 Å². The van der Waals surface area contributed by atoms with Crippen molar-refractivity contribution in [2.45, 2.75) is 17.0 Å². The molecule has 0 saturated carbocycles. The molecule has 5 nitrogen and oxygen atoms in total. The van der Waals surface area contributed by atoms with Crippen LogP contribution in [0.3, 0.4) is 0 Å². The van der Waals surface area contributed by atoms with Crippen molar-refractivity contribution in [3.05, 3.63) is 39.6 Å². The van der Waals surface area contributed by atoms with Crippen molar-refractivity contribution in [3.8, 4) is 0 Å². The van der Waals surface area contributed by atoms with Gasteiger partial charge >= 0.3 is 0 Å². The summed E-state index contributed by atoms with van der Waals surface area (Å²) in [7, 11) is -3.76. The van der Waals surface area contributed by atoms with Crippen LogP contribution >= 0.6 is 27.5 Å². The minimum atomic E-state index is -3.76. The molecule has 1 aromatic heterocycles. The summed E-state index contributed by atoms with van der Waals surface area (Å²) in [6.07, 6.45) is 1.28. The van der Waals surface area contributed by atoms with Crippen molar-refractivity contribution in [2.75, 3.05) is 0 Å². The molecule has 0 aliphatic heterocycles. The van der Waals surface area contributed by atoms with Crippen molar-refractivity contribution in [1.82, 2.24) is 15.2 Å². The molecule has 2 rings (SSSR count). The van der Waals surface area contributed by atoms with Crippen LogP contribution in [0.4, 0.5) is 0 Å². The third-order valence-corrected chi connectivity index (χ3v) is 4.52. The smallest absolute Gasteiger partial charge is 0.222 e. The normalized spacial score (nSPS) is 11.5. The van der Waals surface area contributed by atoms with Crippen molar-refractivity contribution in [2.24, 2.45) is 0 Å². The third-order valence-electron chi connectivity index (χ3n) is 2.19. The van der Waals surface area contributed by atoms with Gasteiger partial charge in [-0.1, -0.05) is 11.6 Å². The number of aryl methyl sites for hydroxylation is 1. The molecule has 0 bridgehead atoms. The Hall–Kier alpha value is -1.05. The summed E-state index contributed by atoms with van der Waals surface area (Å²) >= 11 is 8.89. The molecular weight excluding hydrogens is 342 g/mol. The number of hydrogen-bond donors (Lipinski definition) is 0. The quantitative estimate of drug-likeness (QED) is 0.833. The molecule has 1 aromatic carbocycles. The van der Waals surface area contributed by atoms with Gasteiger partial charge in [0.05, 0.1) is 11.1 Å². The Morgan fingerprint density at radius 1 is 1.28 bits per heavy atom. The molecule has 0 aliphatic rings. The van der Waals surface area contributed by atoms with E-state index in [4.69, 9.17) is 11.6 Å². The zero-order valence-corrected chi connectivity index (χ0v) is 12.3. The Morgan fingerprint density at radius 3 is 2.56 bits per heavy atom. The topological polar surface area (TPSA) is 72.8 Å². The summed E-state index contributed by atoms with van der Waals surface area (Å²) in [6, 6.07) is 4.41. The fourth-order valence-corrected chi connectivity index (χ4v) is 2.69. The third kappa shape index (κ3) is 2.52. The highest BCUT2D eigenvalue weighted by atomic mass is 79.9. The number of aromatic nitrogens is 3. The van der Waals surface area contributed by atoms with Crippen LogP contribution in [0.5, 0.6) is 0 Å². The van der Waals surface area contributed by atoms with Crippen LogP contribution in [0.15, 0.2) is 39.1 Å². The maximum Gasteiger partial charge on any atom is 0.272 e. The molecule has 0 fully saturated rings. The van der Waals surface area contributed by atoms with Crippen LogP contribution in [-0.2, 0) is 9.84 Å². The highest BCUT2D eigenvalue weighted by Gasteiger charge is 2.22. The monoisotopic (exact) mass is 347 g/mol. The first-order chi connectivity index (χ1) is 8.41. The largest absolute Gasteiger partial charge is 0.272 e.